The first-order chi connectivity index (χ1) is 6.16. The van der Waals surface area contributed by atoms with Crippen LogP contribution in [0.2, 0.25) is 0 Å². The number of hydrogen-bond donors (Lipinski definition) is 0. The average Bonchev–Trinajstić information content (AvgIpc) is 2.16. The molecule has 0 radical (unpaired) electrons. The van der Waals surface area contributed by atoms with Crippen molar-refractivity contribution in [2.45, 2.75) is 12.8 Å². The molecule has 1 aromatic carbocycles. The number of methoxy groups -OCH3 is 1. The molecule has 0 aliphatic heterocycles. The number of rotatable bonds is 3. The Kier molecular flexibility index (Phi) is 2.90. The van der Waals surface area contributed by atoms with Gasteiger partial charge in [0, 0.05) is 17.5 Å². The van der Waals surface area contributed by atoms with Crippen LogP contribution in [0.1, 0.15) is 18.4 Å². The second-order valence-corrected chi connectivity index (χ2v) is 2.78. The normalized spacial score (nSPS) is 12.2. The van der Waals surface area contributed by atoms with E-state index in [2.05, 4.69) is 0 Å². The highest BCUT2D eigenvalue weighted by molar-refractivity contribution is 5.74. The van der Waals surface area contributed by atoms with Gasteiger partial charge in [-0.3, -0.25) is 0 Å². The van der Waals surface area contributed by atoms with E-state index in [0.717, 1.165) is 0 Å². The molecule has 0 aromatic heterocycles. The molecule has 0 aliphatic rings. The highest BCUT2D eigenvalue weighted by Crippen LogP contribution is 2.25. The van der Waals surface area contributed by atoms with Crippen LogP contribution in [0, 0.1) is 0 Å². The molecule has 1 rings (SSSR count). The predicted octanol–water partition coefficient (Wildman–Crippen LogP) is 0.549. The molecule has 3 nitrogen and oxygen atoms in total. The van der Waals surface area contributed by atoms with Crippen molar-refractivity contribution in [1.29, 1.82) is 0 Å². The Morgan fingerprint density at radius 1 is 1.46 bits per heavy atom. The molecule has 1 aromatic rings. The maximum Gasteiger partial charge on any atom is 0.122 e. The minimum Gasteiger partial charge on any atom is -0.550 e. The molecule has 3 heteroatoms. The lowest BCUT2D eigenvalue weighted by molar-refractivity contribution is -0.307. The van der Waals surface area contributed by atoms with Crippen molar-refractivity contribution in [2.24, 2.45) is 0 Å². The Hall–Kier alpha value is -1.51. The lowest BCUT2D eigenvalue weighted by atomic mass is 10.0. The van der Waals surface area contributed by atoms with E-state index in [0.29, 0.717) is 11.3 Å². The van der Waals surface area contributed by atoms with Crippen LogP contribution in [-0.2, 0) is 4.79 Å². The number of carbonyl (C=O) groups is 1. The summed E-state index contributed by atoms with van der Waals surface area (Å²) in [7, 11) is 1.51. The minimum atomic E-state index is -1.09. The SMILES string of the molecule is COc1ccccc1C(C)C(=O)[O-]. The highest BCUT2D eigenvalue weighted by Gasteiger charge is 2.10. The number of carboxylic acids is 1. The highest BCUT2D eigenvalue weighted by atomic mass is 16.5. The van der Waals surface area contributed by atoms with Gasteiger partial charge in [0.1, 0.15) is 5.75 Å². The van der Waals surface area contributed by atoms with Crippen LogP contribution in [0.25, 0.3) is 0 Å². The smallest absolute Gasteiger partial charge is 0.122 e. The van der Waals surface area contributed by atoms with Gasteiger partial charge in [-0.05, 0) is 6.07 Å². The first-order valence-electron chi connectivity index (χ1n) is 4.00. The summed E-state index contributed by atoms with van der Waals surface area (Å²) in [5, 5.41) is 10.6. The Bertz CT molecular complexity index is 307. The van der Waals surface area contributed by atoms with Crippen molar-refractivity contribution >= 4 is 5.97 Å². The average molecular weight is 179 g/mol. The number of carbonyl (C=O) groups excluding carboxylic acids is 1. The van der Waals surface area contributed by atoms with E-state index in [1.54, 1.807) is 31.2 Å². The quantitative estimate of drug-likeness (QED) is 0.680. The van der Waals surface area contributed by atoms with E-state index in [9.17, 15) is 9.90 Å². The molecular formula is C10H11O3-. The number of benzene rings is 1. The van der Waals surface area contributed by atoms with Crippen molar-refractivity contribution in [1.82, 2.24) is 0 Å². The Balaban J connectivity index is 3.05. The summed E-state index contributed by atoms with van der Waals surface area (Å²) < 4.78 is 5.03. The van der Waals surface area contributed by atoms with Crippen LogP contribution in [0.3, 0.4) is 0 Å². The molecule has 0 saturated carbocycles. The van der Waals surface area contributed by atoms with Crippen molar-refractivity contribution in [3.8, 4) is 5.75 Å². The van der Waals surface area contributed by atoms with Crippen molar-refractivity contribution in [3.05, 3.63) is 29.8 Å². The second-order valence-electron chi connectivity index (χ2n) is 2.78. The molecule has 13 heavy (non-hydrogen) atoms. The Labute approximate surface area is 77.0 Å². The zero-order valence-electron chi connectivity index (χ0n) is 7.61. The maximum absolute atomic E-state index is 10.6. The largest absolute Gasteiger partial charge is 0.550 e. The summed E-state index contributed by atoms with van der Waals surface area (Å²) in [6.45, 7) is 1.58. The summed E-state index contributed by atoms with van der Waals surface area (Å²) in [6.07, 6.45) is 0. The molecule has 0 amide bonds. The summed E-state index contributed by atoms with van der Waals surface area (Å²) in [5.74, 6) is -1.15. The van der Waals surface area contributed by atoms with Crippen molar-refractivity contribution < 1.29 is 14.6 Å². The maximum atomic E-state index is 10.6. The molecule has 0 aliphatic carbocycles. The fourth-order valence-corrected chi connectivity index (χ4v) is 1.15. The molecule has 0 N–H and O–H groups in total. The molecule has 0 fully saturated rings. The third-order valence-corrected chi connectivity index (χ3v) is 1.96. The van der Waals surface area contributed by atoms with E-state index >= 15 is 0 Å². The van der Waals surface area contributed by atoms with Crippen LogP contribution in [-0.4, -0.2) is 13.1 Å². The van der Waals surface area contributed by atoms with Crippen molar-refractivity contribution in [3.63, 3.8) is 0 Å². The molecule has 70 valence electrons. The standard InChI is InChI=1S/C10H12O3/c1-7(10(11)12)8-5-3-4-6-9(8)13-2/h3-7H,1-2H3,(H,11,12)/p-1. The first-order valence-corrected chi connectivity index (χ1v) is 4.00. The van der Waals surface area contributed by atoms with Gasteiger partial charge in [-0.15, -0.1) is 0 Å². The first kappa shape index (κ1) is 9.58. The third-order valence-electron chi connectivity index (χ3n) is 1.96. The zero-order valence-corrected chi connectivity index (χ0v) is 7.61. The van der Waals surface area contributed by atoms with Gasteiger partial charge < -0.3 is 14.6 Å². The van der Waals surface area contributed by atoms with Gasteiger partial charge in [-0.2, -0.15) is 0 Å². The minimum absolute atomic E-state index is 0.583. The Morgan fingerprint density at radius 3 is 2.62 bits per heavy atom. The fourth-order valence-electron chi connectivity index (χ4n) is 1.15. The van der Waals surface area contributed by atoms with Gasteiger partial charge in [0.2, 0.25) is 0 Å². The van der Waals surface area contributed by atoms with Gasteiger partial charge in [-0.1, -0.05) is 25.1 Å². The number of para-hydroxylation sites is 1. The lowest BCUT2D eigenvalue weighted by Crippen LogP contribution is -2.28. The van der Waals surface area contributed by atoms with Gasteiger partial charge in [0.15, 0.2) is 0 Å². The molecule has 1 atom stereocenters. The Morgan fingerprint density at radius 2 is 2.08 bits per heavy atom. The topological polar surface area (TPSA) is 49.4 Å². The molecular weight excluding hydrogens is 168 g/mol. The number of ether oxygens (including phenoxy) is 1. The van der Waals surface area contributed by atoms with E-state index in [4.69, 9.17) is 4.74 Å². The van der Waals surface area contributed by atoms with Crippen LogP contribution >= 0.6 is 0 Å². The van der Waals surface area contributed by atoms with E-state index < -0.39 is 11.9 Å². The molecule has 0 saturated heterocycles. The number of aliphatic carboxylic acids is 1. The predicted molar refractivity (Wildman–Crippen MR) is 46.4 cm³/mol. The van der Waals surface area contributed by atoms with Crippen LogP contribution < -0.4 is 9.84 Å². The lowest BCUT2D eigenvalue weighted by Gasteiger charge is -2.15. The molecule has 0 heterocycles. The van der Waals surface area contributed by atoms with Crippen molar-refractivity contribution in [2.75, 3.05) is 7.11 Å². The third kappa shape index (κ3) is 1.99. The molecule has 1 unspecified atom stereocenters. The van der Waals surface area contributed by atoms with E-state index in [1.807, 2.05) is 0 Å². The van der Waals surface area contributed by atoms with Gasteiger partial charge >= 0.3 is 0 Å². The summed E-state index contributed by atoms with van der Waals surface area (Å²) >= 11 is 0. The molecule has 0 bridgehead atoms. The van der Waals surface area contributed by atoms with E-state index in [-0.39, 0.29) is 0 Å². The van der Waals surface area contributed by atoms with Crippen LogP contribution in [0.5, 0.6) is 5.75 Å². The fraction of sp³-hybridized carbons (Fsp3) is 0.300. The molecule has 0 spiro atoms. The number of hydrogen-bond acceptors (Lipinski definition) is 3. The van der Waals surface area contributed by atoms with E-state index in [1.165, 1.54) is 7.11 Å². The van der Waals surface area contributed by atoms with Crippen LogP contribution in [0.4, 0.5) is 0 Å². The zero-order chi connectivity index (χ0) is 9.84. The summed E-state index contributed by atoms with van der Waals surface area (Å²) in [4.78, 5) is 10.6. The number of carboxylic acid groups (broad SMARTS) is 1. The van der Waals surface area contributed by atoms with Gasteiger partial charge in [0.05, 0.1) is 7.11 Å². The second kappa shape index (κ2) is 3.94. The summed E-state index contributed by atoms with van der Waals surface area (Å²) in [6, 6.07) is 7.02. The monoisotopic (exact) mass is 179 g/mol. The van der Waals surface area contributed by atoms with Crippen LogP contribution in [0.15, 0.2) is 24.3 Å². The summed E-state index contributed by atoms with van der Waals surface area (Å²) in [5.41, 5.74) is 0.644. The van der Waals surface area contributed by atoms with Gasteiger partial charge in [0.25, 0.3) is 0 Å². The van der Waals surface area contributed by atoms with Gasteiger partial charge in [-0.25, -0.2) is 0 Å².